The Kier molecular flexibility index (Phi) is 3.33. The molecule has 1 aliphatic rings. The molecule has 0 atom stereocenters. The summed E-state index contributed by atoms with van der Waals surface area (Å²) in [4.78, 5) is 7.95. The fraction of sp³-hybridized carbons (Fsp3) is 0.286. The van der Waals surface area contributed by atoms with Gasteiger partial charge in [-0.15, -0.1) is 0 Å². The molecule has 22 heavy (non-hydrogen) atoms. The maximum atomic E-state index is 12.0. The van der Waals surface area contributed by atoms with E-state index in [0.29, 0.717) is 24.1 Å². The van der Waals surface area contributed by atoms with Crippen LogP contribution in [0.25, 0.3) is 11.3 Å². The summed E-state index contributed by atoms with van der Waals surface area (Å²) in [7, 11) is -7.35. The highest BCUT2D eigenvalue weighted by Gasteiger charge is 2.28. The zero-order chi connectivity index (χ0) is 16.1. The van der Waals surface area contributed by atoms with Crippen LogP contribution in [0.4, 0.5) is 0 Å². The minimum Gasteiger partial charge on any atom is -0.222 e. The summed E-state index contributed by atoms with van der Waals surface area (Å²) >= 11 is 0. The van der Waals surface area contributed by atoms with Crippen molar-refractivity contribution in [3.63, 3.8) is 0 Å². The number of aryl methyl sites for hydroxylation is 1. The van der Waals surface area contributed by atoms with Crippen molar-refractivity contribution in [2.45, 2.75) is 23.0 Å². The standard InChI is InChI=1S/C14H14N2O4S2/c1-21(17,18)13-11-8-7-9-5-3-4-6-10(9)12(11)15-14(16-13)22(2,19)20/h3-6H,7-8H2,1-2H3. The van der Waals surface area contributed by atoms with Crippen molar-refractivity contribution in [2.24, 2.45) is 0 Å². The van der Waals surface area contributed by atoms with Gasteiger partial charge in [0.2, 0.25) is 15.0 Å². The van der Waals surface area contributed by atoms with Gasteiger partial charge in [-0.3, -0.25) is 0 Å². The molecule has 1 aromatic heterocycles. The predicted molar refractivity (Wildman–Crippen MR) is 81.1 cm³/mol. The van der Waals surface area contributed by atoms with Crippen molar-refractivity contribution < 1.29 is 16.8 Å². The summed E-state index contributed by atoms with van der Waals surface area (Å²) < 4.78 is 47.6. The van der Waals surface area contributed by atoms with E-state index in [1.165, 1.54) is 0 Å². The molecule has 2 aromatic rings. The molecule has 1 aromatic carbocycles. The Morgan fingerprint density at radius 1 is 0.909 bits per heavy atom. The number of hydrogen-bond donors (Lipinski definition) is 0. The Bertz CT molecular complexity index is 980. The minimum atomic E-state index is -3.71. The Morgan fingerprint density at radius 3 is 2.23 bits per heavy atom. The Morgan fingerprint density at radius 2 is 1.59 bits per heavy atom. The summed E-state index contributed by atoms with van der Waals surface area (Å²) in [6, 6.07) is 7.45. The zero-order valence-electron chi connectivity index (χ0n) is 12.1. The summed E-state index contributed by atoms with van der Waals surface area (Å²) in [6.45, 7) is 0. The van der Waals surface area contributed by atoms with Crippen molar-refractivity contribution in [3.8, 4) is 11.3 Å². The van der Waals surface area contributed by atoms with Crippen LogP contribution in [0.2, 0.25) is 0 Å². The SMILES string of the molecule is CS(=O)(=O)c1nc2c(c(S(C)(=O)=O)n1)CCc1ccccc1-2. The van der Waals surface area contributed by atoms with Crippen molar-refractivity contribution >= 4 is 19.7 Å². The van der Waals surface area contributed by atoms with Crippen LogP contribution < -0.4 is 0 Å². The molecule has 116 valence electrons. The summed E-state index contributed by atoms with van der Waals surface area (Å²) in [5.41, 5.74) is 2.68. The van der Waals surface area contributed by atoms with Gasteiger partial charge in [0, 0.05) is 23.6 Å². The monoisotopic (exact) mass is 338 g/mol. The van der Waals surface area contributed by atoms with E-state index in [2.05, 4.69) is 9.97 Å². The Labute approximate surface area is 129 Å². The number of hydrogen-bond acceptors (Lipinski definition) is 6. The van der Waals surface area contributed by atoms with E-state index < -0.39 is 24.8 Å². The maximum Gasteiger partial charge on any atom is 0.248 e. The molecule has 3 rings (SSSR count). The first-order chi connectivity index (χ1) is 10.2. The smallest absolute Gasteiger partial charge is 0.222 e. The predicted octanol–water partition coefficient (Wildman–Crippen LogP) is 1.05. The highest BCUT2D eigenvalue weighted by atomic mass is 32.2. The molecule has 0 radical (unpaired) electrons. The van der Waals surface area contributed by atoms with Gasteiger partial charge < -0.3 is 0 Å². The first-order valence-electron chi connectivity index (χ1n) is 6.57. The Balaban J connectivity index is 2.43. The average Bonchev–Trinajstić information content (AvgIpc) is 2.44. The average molecular weight is 338 g/mol. The van der Waals surface area contributed by atoms with E-state index in [-0.39, 0.29) is 5.03 Å². The minimum absolute atomic E-state index is 0.188. The van der Waals surface area contributed by atoms with E-state index >= 15 is 0 Å². The molecule has 0 aliphatic heterocycles. The lowest BCUT2D eigenvalue weighted by Crippen LogP contribution is -2.17. The molecule has 8 heteroatoms. The van der Waals surface area contributed by atoms with Crippen LogP contribution >= 0.6 is 0 Å². The number of fused-ring (bicyclic) bond motifs is 3. The second-order valence-corrected chi connectivity index (χ2v) is 9.18. The molecule has 0 saturated carbocycles. The van der Waals surface area contributed by atoms with Crippen molar-refractivity contribution in [3.05, 3.63) is 35.4 Å². The summed E-state index contributed by atoms with van der Waals surface area (Å²) in [5, 5.41) is -0.643. The zero-order valence-corrected chi connectivity index (χ0v) is 13.7. The van der Waals surface area contributed by atoms with Gasteiger partial charge in [0.05, 0.1) is 5.69 Å². The third-order valence-electron chi connectivity index (χ3n) is 3.55. The fourth-order valence-corrected chi connectivity index (χ4v) is 4.06. The number of benzene rings is 1. The Hall–Kier alpha value is -1.80. The molecular formula is C14H14N2O4S2. The molecule has 1 aliphatic carbocycles. The van der Waals surface area contributed by atoms with Gasteiger partial charge in [-0.2, -0.15) is 0 Å². The van der Waals surface area contributed by atoms with Crippen LogP contribution in [0.15, 0.2) is 34.4 Å². The number of sulfone groups is 2. The highest BCUT2D eigenvalue weighted by Crippen LogP contribution is 2.35. The highest BCUT2D eigenvalue weighted by molar-refractivity contribution is 7.91. The number of nitrogens with zero attached hydrogens (tertiary/aromatic N) is 2. The normalized spacial score (nSPS) is 14.3. The first kappa shape index (κ1) is 15.1. The van der Waals surface area contributed by atoms with Gasteiger partial charge in [0.15, 0.2) is 14.9 Å². The van der Waals surface area contributed by atoms with Crippen LogP contribution in [0.3, 0.4) is 0 Å². The lowest BCUT2D eigenvalue weighted by Gasteiger charge is -2.20. The van der Waals surface area contributed by atoms with Gasteiger partial charge in [0.1, 0.15) is 0 Å². The molecule has 0 unspecified atom stereocenters. The second kappa shape index (κ2) is 4.85. The van der Waals surface area contributed by atoms with Crippen molar-refractivity contribution in [1.29, 1.82) is 0 Å². The molecule has 0 spiro atoms. The van der Waals surface area contributed by atoms with Gasteiger partial charge in [-0.1, -0.05) is 24.3 Å². The third kappa shape index (κ3) is 2.52. The molecule has 0 saturated heterocycles. The summed E-state index contributed by atoms with van der Waals surface area (Å²) in [5.74, 6) is 0. The van der Waals surface area contributed by atoms with E-state index in [0.717, 1.165) is 23.6 Å². The lowest BCUT2D eigenvalue weighted by molar-refractivity contribution is 0.582. The number of aromatic nitrogens is 2. The van der Waals surface area contributed by atoms with Crippen LogP contribution in [0.5, 0.6) is 0 Å². The van der Waals surface area contributed by atoms with Crippen LogP contribution in [-0.2, 0) is 32.5 Å². The van der Waals surface area contributed by atoms with Gasteiger partial charge in [-0.25, -0.2) is 26.8 Å². The number of rotatable bonds is 2. The molecule has 0 amide bonds. The van der Waals surface area contributed by atoms with Gasteiger partial charge in [-0.05, 0) is 18.4 Å². The van der Waals surface area contributed by atoms with Crippen LogP contribution in [0.1, 0.15) is 11.1 Å². The molecule has 1 heterocycles. The molecule has 0 N–H and O–H groups in total. The topological polar surface area (TPSA) is 94.1 Å². The maximum absolute atomic E-state index is 12.0. The third-order valence-corrected chi connectivity index (χ3v) is 5.43. The van der Waals surface area contributed by atoms with Gasteiger partial charge in [0.25, 0.3) is 0 Å². The van der Waals surface area contributed by atoms with E-state index in [1.54, 1.807) is 0 Å². The van der Waals surface area contributed by atoms with Crippen LogP contribution in [0, 0.1) is 0 Å². The van der Waals surface area contributed by atoms with Crippen molar-refractivity contribution in [1.82, 2.24) is 9.97 Å². The van der Waals surface area contributed by atoms with Crippen molar-refractivity contribution in [2.75, 3.05) is 12.5 Å². The van der Waals surface area contributed by atoms with Gasteiger partial charge >= 0.3 is 0 Å². The van der Waals surface area contributed by atoms with E-state index in [9.17, 15) is 16.8 Å². The quantitative estimate of drug-likeness (QED) is 0.600. The van der Waals surface area contributed by atoms with Crippen LogP contribution in [-0.4, -0.2) is 39.3 Å². The van der Waals surface area contributed by atoms with E-state index in [4.69, 9.17) is 0 Å². The fourth-order valence-electron chi connectivity index (χ4n) is 2.59. The first-order valence-corrected chi connectivity index (χ1v) is 10.4. The lowest BCUT2D eigenvalue weighted by atomic mass is 9.90. The molecule has 0 fully saturated rings. The molecule has 0 bridgehead atoms. The second-order valence-electron chi connectivity index (χ2n) is 5.34. The summed E-state index contributed by atoms with van der Waals surface area (Å²) in [6.07, 6.45) is 3.14. The molecule has 6 nitrogen and oxygen atoms in total. The van der Waals surface area contributed by atoms with E-state index in [1.807, 2.05) is 24.3 Å². The molecular weight excluding hydrogens is 324 g/mol. The largest absolute Gasteiger partial charge is 0.248 e.